The van der Waals surface area contributed by atoms with Gasteiger partial charge in [-0.25, -0.2) is 4.39 Å². The topological polar surface area (TPSA) is 46.3 Å². The number of hydrogen-bond donors (Lipinski definition) is 1. The largest absolute Gasteiger partial charge is 0.399 e. The normalized spacial score (nSPS) is 10.4. The standard InChI is InChI=1S/C16H16ClFN2O/c1-2-9-20(12-6-3-5-11(19)10-12)16(21)13-7-4-8-14(18)15(13)17/h3-8,10H,2,9,19H2,1H3. The summed E-state index contributed by atoms with van der Waals surface area (Å²) >= 11 is 5.90. The average molecular weight is 307 g/mol. The van der Waals surface area contributed by atoms with Gasteiger partial charge in [0.25, 0.3) is 5.91 Å². The number of rotatable bonds is 4. The van der Waals surface area contributed by atoms with Gasteiger partial charge in [-0.05, 0) is 36.8 Å². The second kappa shape index (κ2) is 6.59. The van der Waals surface area contributed by atoms with Crippen molar-refractivity contribution in [3.63, 3.8) is 0 Å². The van der Waals surface area contributed by atoms with E-state index in [9.17, 15) is 9.18 Å². The zero-order chi connectivity index (χ0) is 15.4. The van der Waals surface area contributed by atoms with Crippen LogP contribution in [-0.4, -0.2) is 12.5 Å². The molecule has 0 radical (unpaired) electrons. The molecule has 2 aromatic carbocycles. The van der Waals surface area contributed by atoms with Crippen LogP contribution in [0.4, 0.5) is 15.8 Å². The third-order valence-corrected chi connectivity index (χ3v) is 3.44. The van der Waals surface area contributed by atoms with E-state index < -0.39 is 5.82 Å². The average Bonchev–Trinajstić information content (AvgIpc) is 2.47. The Kier molecular flexibility index (Phi) is 4.81. The summed E-state index contributed by atoms with van der Waals surface area (Å²) in [7, 11) is 0. The summed E-state index contributed by atoms with van der Waals surface area (Å²) in [5, 5.41) is -0.160. The molecule has 0 bridgehead atoms. The first-order valence-corrected chi connectivity index (χ1v) is 7.03. The minimum atomic E-state index is -0.605. The predicted octanol–water partition coefficient (Wildman–Crippen LogP) is 4.12. The number of halogens is 2. The molecule has 0 aromatic heterocycles. The van der Waals surface area contributed by atoms with Gasteiger partial charge in [0.1, 0.15) is 5.82 Å². The van der Waals surface area contributed by atoms with Gasteiger partial charge in [-0.1, -0.05) is 30.7 Å². The van der Waals surface area contributed by atoms with Crippen LogP contribution < -0.4 is 10.6 Å². The van der Waals surface area contributed by atoms with Crippen LogP contribution in [0.5, 0.6) is 0 Å². The van der Waals surface area contributed by atoms with Crippen molar-refractivity contribution in [2.45, 2.75) is 13.3 Å². The first-order valence-electron chi connectivity index (χ1n) is 6.66. The third kappa shape index (κ3) is 3.34. The van der Waals surface area contributed by atoms with Gasteiger partial charge in [0.2, 0.25) is 0 Å². The van der Waals surface area contributed by atoms with Gasteiger partial charge >= 0.3 is 0 Å². The van der Waals surface area contributed by atoms with E-state index >= 15 is 0 Å². The van der Waals surface area contributed by atoms with Crippen LogP contribution in [-0.2, 0) is 0 Å². The summed E-state index contributed by atoms with van der Waals surface area (Å²) in [5.74, 6) is -0.946. The number of amides is 1. The summed E-state index contributed by atoms with van der Waals surface area (Å²) in [6.45, 7) is 2.45. The molecule has 0 saturated heterocycles. The molecule has 1 amide bonds. The van der Waals surface area contributed by atoms with E-state index in [2.05, 4.69) is 0 Å². The van der Waals surface area contributed by atoms with Gasteiger partial charge in [0, 0.05) is 17.9 Å². The molecule has 0 aliphatic rings. The van der Waals surface area contributed by atoms with Gasteiger partial charge in [0.15, 0.2) is 0 Å². The van der Waals surface area contributed by atoms with Crippen molar-refractivity contribution in [1.82, 2.24) is 0 Å². The van der Waals surface area contributed by atoms with Crippen molar-refractivity contribution in [2.75, 3.05) is 17.2 Å². The molecule has 21 heavy (non-hydrogen) atoms. The van der Waals surface area contributed by atoms with Gasteiger partial charge < -0.3 is 10.6 Å². The van der Waals surface area contributed by atoms with Gasteiger partial charge in [-0.3, -0.25) is 4.79 Å². The Morgan fingerprint density at radius 1 is 1.29 bits per heavy atom. The number of benzene rings is 2. The molecule has 0 saturated carbocycles. The maximum atomic E-state index is 13.5. The molecule has 0 atom stereocenters. The predicted molar refractivity (Wildman–Crippen MR) is 84.2 cm³/mol. The van der Waals surface area contributed by atoms with Crippen molar-refractivity contribution in [3.8, 4) is 0 Å². The van der Waals surface area contributed by atoms with E-state index in [4.69, 9.17) is 17.3 Å². The van der Waals surface area contributed by atoms with E-state index in [1.165, 1.54) is 18.2 Å². The lowest BCUT2D eigenvalue weighted by molar-refractivity contribution is 0.0986. The van der Waals surface area contributed by atoms with E-state index in [-0.39, 0.29) is 16.5 Å². The second-order valence-electron chi connectivity index (χ2n) is 4.65. The summed E-state index contributed by atoms with van der Waals surface area (Å²) in [5.41, 5.74) is 7.14. The summed E-state index contributed by atoms with van der Waals surface area (Å²) in [6, 6.07) is 11.2. The van der Waals surface area contributed by atoms with Crippen molar-refractivity contribution >= 4 is 28.9 Å². The minimum Gasteiger partial charge on any atom is -0.399 e. The Bertz CT molecular complexity index is 660. The zero-order valence-corrected chi connectivity index (χ0v) is 12.4. The van der Waals surface area contributed by atoms with Gasteiger partial charge in [0.05, 0.1) is 10.6 Å². The molecule has 3 nitrogen and oxygen atoms in total. The molecule has 0 aliphatic carbocycles. The van der Waals surface area contributed by atoms with E-state index in [0.29, 0.717) is 17.9 Å². The summed E-state index contributed by atoms with van der Waals surface area (Å²) in [4.78, 5) is 14.2. The number of carbonyl (C=O) groups excluding carboxylic acids is 1. The highest BCUT2D eigenvalue weighted by molar-refractivity contribution is 6.34. The minimum absolute atomic E-state index is 0.146. The molecule has 0 unspecified atom stereocenters. The Balaban J connectivity index is 2.42. The Morgan fingerprint density at radius 3 is 2.67 bits per heavy atom. The maximum Gasteiger partial charge on any atom is 0.259 e. The van der Waals surface area contributed by atoms with Crippen molar-refractivity contribution in [2.24, 2.45) is 0 Å². The number of hydrogen-bond acceptors (Lipinski definition) is 2. The van der Waals surface area contributed by atoms with Crippen LogP contribution in [0.1, 0.15) is 23.7 Å². The lowest BCUT2D eigenvalue weighted by Gasteiger charge is -2.23. The Hall–Kier alpha value is -2.07. The quantitative estimate of drug-likeness (QED) is 0.864. The number of nitrogens with zero attached hydrogens (tertiary/aromatic N) is 1. The lowest BCUT2D eigenvalue weighted by atomic mass is 10.1. The van der Waals surface area contributed by atoms with Crippen molar-refractivity contribution < 1.29 is 9.18 Å². The fourth-order valence-corrected chi connectivity index (χ4v) is 2.29. The van der Waals surface area contributed by atoms with Gasteiger partial charge in [-0.2, -0.15) is 0 Å². The maximum absolute atomic E-state index is 13.5. The number of nitrogens with two attached hydrogens (primary N) is 1. The van der Waals surface area contributed by atoms with E-state index in [1.807, 2.05) is 6.92 Å². The first-order chi connectivity index (χ1) is 10.0. The molecule has 5 heteroatoms. The van der Waals surface area contributed by atoms with Crippen LogP contribution in [0.3, 0.4) is 0 Å². The van der Waals surface area contributed by atoms with Crippen LogP contribution in [0.2, 0.25) is 5.02 Å². The van der Waals surface area contributed by atoms with E-state index in [1.54, 1.807) is 29.2 Å². The van der Waals surface area contributed by atoms with Crippen LogP contribution in [0.25, 0.3) is 0 Å². The first kappa shape index (κ1) is 15.3. The fourth-order valence-electron chi connectivity index (χ4n) is 2.08. The Labute approximate surface area is 128 Å². The van der Waals surface area contributed by atoms with Crippen molar-refractivity contribution in [3.05, 3.63) is 58.9 Å². The second-order valence-corrected chi connectivity index (χ2v) is 5.03. The molecule has 0 heterocycles. The highest BCUT2D eigenvalue weighted by Crippen LogP contribution is 2.25. The van der Waals surface area contributed by atoms with E-state index in [0.717, 1.165) is 6.42 Å². The Morgan fingerprint density at radius 2 is 2.00 bits per heavy atom. The molecular formula is C16H16ClFN2O. The molecular weight excluding hydrogens is 291 g/mol. The zero-order valence-electron chi connectivity index (χ0n) is 11.6. The van der Waals surface area contributed by atoms with Gasteiger partial charge in [-0.15, -0.1) is 0 Å². The molecule has 0 fully saturated rings. The SMILES string of the molecule is CCCN(C(=O)c1cccc(F)c1Cl)c1cccc(N)c1. The molecule has 2 aromatic rings. The summed E-state index contributed by atoms with van der Waals surface area (Å²) in [6.07, 6.45) is 0.757. The van der Waals surface area contributed by atoms with Crippen LogP contribution >= 0.6 is 11.6 Å². The highest BCUT2D eigenvalue weighted by atomic mass is 35.5. The fraction of sp³-hybridized carbons (Fsp3) is 0.188. The van der Waals surface area contributed by atoms with Crippen molar-refractivity contribution in [1.29, 1.82) is 0 Å². The van der Waals surface area contributed by atoms with Crippen LogP contribution in [0.15, 0.2) is 42.5 Å². The number of anilines is 2. The number of nitrogen functional groups attached to an aromatic ring is 1. The monoisotopic (exact) mass is 306 g/mol. The number of carbonyl (C=O) groups is 1. The lowest BCUT2D eigenvalue weighted by Crippen LogP contribution is -2.32. The molecule has 110 valence electrons. The molecule has 0 aliphatic heterocycles. The molecule has 2 N–H and O–H groups in total. The van der Waals surface area contributed by atoms with Crippen LogP contribution in [0, 0.1) is 5.82 Å². The molecule has 2 rings (SSSR count). The molecule has 0 spiro atoms. The third-order valence-electron chi connectivity index (χ3n) is 3.06. The highest BCUT2D eigenvalue weighted by Gasteiger charge is 2.21. The summed E-state index contributed by atoms with van der Waals surface area (Å²) < 4.78 is 13.5. The smallest absolute Gasteiger partial charge is 0.259 e.